The van der Waals surface area contributed by atoms with Crippen LogP contribution >= 0.6 is 12.2 Å². The lowest BCUT2D eigenvalue weighted by Gasteiger charge is -2.08. The van der Waals surface area contributed by atoms with Crippen LogP contribution in [0.15, 0.2) is 53.6 Å². The number of nitro benzene ring substituents is 1. The first kappa shape index (κ1) is 17.4. The monoisotopic (exact) mass is 344 g/mol. The van der Waals surface area contributed by atoms with Crippen LogP contribution in [0.25, 0.3) is 0 Å². The standard InChI is InChI=1S/C16H16N4O3S/c1-11(12-7-9-13(23-2)10-8-12)18-19-16(24)17-14-5-3-4-6-15(14)20(21)22/h3-10H,1-2H3,(H2,17,19,24)/b18-11-. The van der Waals surface area contributed by atoms with E-state index in [1.54, 1.807) is 25.3 Å². The smallest absolute Gasteiger partial charge is 0.292 e. The van der Waals surface area contributed by atoms with E-state index in [0.717, 1.165) is 11.3 Å². The maximum absolute atomic E-state index is 11.0. The van der Waals surface area contributed by atoms with Gasteiger partial charge in [-0.05, 0) is 55.0 Å². The van der Waals surface area contributed by atoms with Gasteiger partial charge in [-0.3, -0.25) is 15.5 Å². The van der Waals surface area contributed by atoms with E-state index in [9.17, 15) is 10.1 Å². The average molecular weight is 344 g/mol. The number of thiocarbonyl (C=S) groups is 1. The molecule has 2 aromatic carbocycles. The predicted molar refractivity (Wildman–Crippen MR) is 97.7 cm³/mol. The van der Waals surface area contributed by atoms with Gasteiger partial charge in [-0.1, -0.05) is 12.1 Å². The quantitative estimate of drug-likeness (QED) is 0.374. The zero-order chi connectivity index (χ0) is 17.5. The molecule has 24 heavy (non-hydrogen) atoms. The summed E-state index contributed by atoms with van der Waals surface area (Å²) in [5.74, 6) is 0.757. The van der Waals surface area contributed by atoms with Crippen molar-refractivity contribution in [3.8, 4) is 5.75 Å². The Bertz CT molecular complexity index is 775. The minimum absolute atomic E-state index is 0.0579. The molecule has 0 amide bonds. The molecule has 0 atom stereocenters. The fourth-order valence-corrected chi connectivity index (χ4v) is 2.08. The number of anilines is 1. The van der Waals surface area contributed by atoms with Gasteiger partial charge in [0.05, 0.1) is 17.7 Å². The number of rotatable bonds is 5. The van der Waals surface area contributed by atoms with Crippen molar-refractivity contribution in [2.45, 2.75) is 6.92 Å². The lowest BCUT2D eigenvalue weighted by atomic mass is 10.1. The SMILES string of the molecule is COc1ccc(/C(C)=N\NC(=S)Nc2ccccc2[N+](=O)[O-])cc1. The third-order valence-electron chi connectivity index (χ3n) is 3.18. The maximum Gasteiger partial charge on any atom is 0.292 e. The summed E-state index contributed by atoms with van der Waals surface area (Å²) in [5.41, 5.74) is 4.54. The van der Waals surface area contributed by atoms with Gasteiger partial charge in [0.15, 0.2) is 5.11 Å². The summed E-state index contributed by atoms with van der Waals surface area (Å²) in [5, 5.41) is 18.1. The number of nitrogens with one attached hydrogen (secondary N) is 2. The third kappa shape index (κ3) is 4.50. The van der Waals surface area contributed by atoms with E-state index in [1.807, 2.05) is 31.2 Å². The molecule has 0 saturated heterocycles. The molecule has 7 nitrogen and oxygen atoms in total. The molecule has 0 aliphatic heterocycles. The van der Waals surface area contributed by atoms with Crippen LogP contribution in [0.2, 0.25) is 0 Å². The van der Waals surface area contributed by atoms with E-state index in [-0.39, 0.29) is 10.8 Å². The second-order valence-electron chi connectivity index (χ2n) is 4.77. The van der Waals surface area contributed by atoms with E-state index >= 15 is 0 Å². The minimum atomic E-state index is -0.475. The molecule has 0 radical (unpaired) electrons. The zero-order valence-electron chi connectivity index (χ0n) is 13.1. The molecule has 0 unspecified atom stereocenters. The normalized spacial score (nSPS) is 10.8. The molecule has 0 aliphatic rings. The number of nitro groups is 1. The second kappa shape index (κ2) is 8.02. The van der Waals surface area contributed by atoms with Crippen LogP contribution in [0.4, 0.5) is 11.4 Å². The molecule has 2 rings (SSSR count). The summed E-state index contributed by atoms with van der Waals surface area (Å²) in [6.07, 6.45) is 0. The Balaban J connectivity index is 2.03. The molecule has 0 fully saturated rings. The molecule has 2 aromatic rings. The number of methoxy groups -OCH3 is 1. The highest BCUT2D eigenvalue weighted by molar-refractivity contribution is 7.80. The van der Waals surface area contributed by atoms with Crippen LogP contribution in [0.3, 0.4) is 0 Å². The first-order chi connectivity index (χ1) is 11.5. The van der Waals surface area contributed by atoms with Gasteiger partial charge < -0.3 is 10.1 Å². The van der Waals surface area contributed by atoms with E-state index in [0.29, 0.717) is 11.4 Å². The lowest BCUT2D eigenvalue weighted by Crippen LogP contribution is -2.25. The lowest BCUT2D eigenvalue weighted by molar-refractivity contribution is -0.383. The predicted octanol–water partition coefficient (Wildman–Crippen LogP) is 3.31. The van der Waals surface area contributed by atoms with Crippen molar-refractivity contribution >= 4 is 34.4 Å². The molecule has 0 spiro atoms. The maximum atomic E-state index is 11.0. The van der Waals surface area contributed by atoms with E-state index in [2.05, 4.69) is 15.8 Å². The van der Waals surface area contributed by atoms with Crippen molar-refractivity contribution < 1.29 is 9.66 Å². The highest BCUT2D eigenvalue weighted by Gasteiger charge is 2.12. The molecule has 0 bridgehead atoms. The van der Waals surface area contributed by atoms with E-state index in [1.165, 1.54) is 6.07 Å². The summed E-state index contributed by atoms with van der Waals surface area (Å²) in [4.78, 5) is 10.5. The number of ether oxygens (including phenoxy) is 1. The fraction of sp³-hybridized carbons (Fsp3) is 0.125. The molecule has 0 heterocycles. The van der Waals surface area contributed by atoms with E-state index in [4.69, 9.17) is 17.0 Å². The van der Waals surface area contributed by atoms with Gasteiger partial charge in [0.1, 0.15) is 11.4 Å². The van der Waals surface area contributed by atoms with Crippen molar-refractivity contribution in [1.29, 1.82) is 0 Å². The van der Waals surface area contributed by atoms with Crippen molar-refractivity contribution in [2.75, 3.05) is 12.4 Å². The van der Waals surface area contributed by atoms with Gasteiger partial charge in [0.2, 0.25) is 0 Å². The number of para-hydroxylation sites is 2. The van der Waals surface area contributed by atoms with Crippen molar-refractivity contribution in [1.82, 2.24) is 5.43 Å². The largest absolute Gasteiger partial charge is 0.497 e. The summed E-state index contributed by atoms with van der Waals surface area (Å²) < 4.78 is 5.10. The van der Waals surface area contributed by atoms with Crippen LogP contribution < -0.4 is 15.5 Å². The molecule has 8 heteroatoms. The van der Waals surface area contributed by atoms with Crippen molar-refractivity contribution in [3.63, 3.8) is 0 Å². The summed E-state index contributed by atoms with van der Waals surface area (Å²) in [6, 6.07) is 13.7. The molecule has 2 N–H and O–H groups in total. The number of hydrogen-bond donors (Lipinski definition) is 2. The van der Waals surface area contributed by atoms with E-state index < -0.39 is 4.92 Å². The highest BCUT2D eigenvalue weighted by Crippen LogP contribution is 2.22. The summed E-state index contributed by atoms with van der Waals surface area (Å²) in [7, 11) is 1.60. The molecule has 0 saturated carbocycles. The molecule has 124 valence electrons. The van der Waals surface area contributed by atoms with Crippen LogP contribution in [-0.2, 0) is 0 Å². The fourth-order valence-electron chi connectivity index (χ4n) is 1.92. The zero-order valence-corrected chi connectivity index (χ0v) is 14.0. The van der Waals surface area contributed by atoms with Gasteiger partial charge in [0.25, 0.3) is 5.69 Å². The van der Waals surface area contributed by atoms with Crippen LogP contribution in [0.1, 0.15) is 12.5 Å². The van der Waals surface area contributed by atoms with Gasteiger partial charge in [0, 0.05) is 6.07 Å². The average Bonchev–Trinajstić information content (AvgIpc) is 2.60. The van der Waals surface area contributed by atoms with Crippen molar-refractivity contribution in [2.24, 2.45) is 5.10 Å². The molecule has 0 aromatic heterocycles. The molecule has 0 aliphatic carbocycles. The minimum Gasteiger partial charge on any atom is -0.497 e. The van der Waals surface area contributed by atoms with Gasteiger partial charge in [-0.2, -0.15) is 5.10 Å². The van der Waals surface area contributed by atoms with Crippen LogP contribution in [0, 0.1) is 10.1 Å². The highest BCUT2D eigenvalue weighted by atomic mass is 32.1. The van der Waals surface area contributed by atoms with Crippen molar-refractivity contribution in [3.05, 3.63) is 64.2 Å². The Labute approximate surface area is 144 Å². The number of hydrazone groups is 1. The Hall–Kier alpha value is -3.00. The summed E-state index contributed by atoms with van der Waals surface area (Å²) in [6.45, 7) is 1.82. The topological polar surface area (TPSA) is 88.8 Å². The van der Waals surface area contributed by atoms with Crippen LogP contribution in [-0.4, -0.2) is 22.9 Å². The Morgan fingerprint density at radius 3 is 2.50 bits per heavy atom. The first-order valence-corrected chi connectivity index (χ1v) is 7.41. The Morgan fingerprint density at radius 2 is 1.88 bits per heavy atom. The van der Waals surface area contributed by atoms with Crippen LogP contribution in [0.5, 0.6) is 5.75 Å². The molecular formula is C16H16N4O3S. The number of nitrogens with zero attached hydrogens (tertiary/aromatic N) is 2. The first-order valence-electron chi connectivity index (χ1n) is 7.00. The van der Waals surface area contributed by atoms with Gasteiger partial charge in [-0.25, -0.2) is 0 Å². The third-order valence-corrected chi connectivity index (χ3v) is 3.38. The number of hydrogen-bond acceptors (Lipinski definition) is 5. The Morgan fingerprint density at radius 1 is 1.21 bits per heavy atom. The second-order valence-corrected chi connectivity index (χ2v) is 5.17. The molecular weight excluding hydrogens is 328 g/mol. The Kier molecular flexibility index (Phi) is 5.80. The van der Waals surface area contributed by atoms with Gasteiger partial charge >= 0.3 is 0 Å². The summed E-state index contributed by atoms with van der Waals surface area (Å²) >= 11 is 5.12. The number of benzene rings is 2. The van der Waals surface area contributed by atoms with Gasteiger partial charge in [-0.15, -0.1) is 0 Å².